The average Bonchev–Trinajstić information content (AvgIpc) is 2.83. The lowest BCUT2D eigenvalue weighted by atomic mass is 9.77. The van der Waals surface area contributed by atoms with Gasteiger partial charge in [0.25, 0.3) is 0 Å². The highest BCUT2D eigenvalue weighted by atomic mass is 16.5. The number of aliphatic hydroxyl groups excluding tert-OH is 2. The largest absolute Gasteiger partial charge is 0.507 e. The van der Waals surface area contributed by atoms with Crippen LogP contribution >= 0.6 is 0 Å². The number of rotatable bonds is 12. The molecule has 0 spiro atoms. The molecule has 2 aromatic carbocycles. The number of phenols is 1. The summed E-state index contributed by atoms with van der Waals surface area (Å²) in [5.41, 5.74) is 11.7. The molecule has 0 saturated carbocycles. The van der Waals surface area contributed by atoms with Gasteiger partial charge in [-0.3, -0.25) is 4.79 Å². The van der Waals surface area contributed by atoms with Crippen molar-refractivity contribution in [2.45, 2.75) is 63.9 Å². The van der Waals surface area contributed by atoms with E-state index in [2.05, 4.69) is 10.6 Å². The van der Waals surface area contributed by atoms with Crippen LogP contribution in [0.15, 0.2) is 42.5 Å². The summed E-state index contributed by atoms with van der Waals surface area (Å²) in [6.07, 6.45) is -2.50. The smallest absolute Gasteiger partial charge is 0.342 e. The molecule has 0 aliphatic carbocycles. The van der Waals surface area contributed by atoms with Gasteiger partial charge in [-0.25, -0.2) is 9.59 Å². The lowest BCUT2D eigenvalue weighted by Gasteiger charge is -2.45. The zero-order chi connectivity index (χ0) is 27.9. The van der Waals surface area contributed by atoms with Crippen molar-refractivity contribution in [2.24, 2.45) is 11.5 Å². The van der Waals surface area contributed by atoms with Crippen molar-refractivity contribution in [1.82, 2.24) is 5.32 Å². The fourth-order valence-electron chi connectivity index (χ4n) is 4.34. The molecule has 2 amide bonds. The first-order valence-corrected chi connectivity index (χ1v) is 11.9. The number of carbonyl (C=O) groups is 3. The lowest BCUT2D eigenvalue weighted by Crippen LogP contribution is -2.72. The second-order valence-corrected chi connectivity index (χ2v) is 9.03. The molecule has 0 aliphatic heterocycles. The van der Waals surface area contributed by atoms with Gasteiger partial charge in [-0.1, -0.05) is 31.2 Å². The number of phenolic OH excluding ortho intramolecular Hbond substituents is 1. The number of urea groups is 1. The molecular formula is C26H36N4O7. The van der Waals surface area contributed by atoms with Crippen LogP contribution in [0.5, 0.6) is 5.75 Å². The summed E-state index contributed by atoms with van der Waals surface area (Å²) in [6.45, 7) is 5.61. The van der Waals surface area contributed by atoms with Crippen molar-refractivity contribution < 1.29 is 34.4 Å². The van der Waals surface area contributed by atoms with Crippen molar-refractivity contribution in [3.8, 4) is 5.75 Å². The van der Waals surface area contributed by atoms with Crippen LogP contribution in [-0.4, -0.2) is 69.5 Å². The van der Waals surface area contributed by atoms with E-state index in [1.54, 1.807) is 50.2 Å². The number of primary amides is 1. The van der Waals surface area contributed by atoms with Gasteiger partial charge >= 0.3 is 12.0 Å². The third kappa shape index (κ3) is 6.97. The van der Waals surface area contributed by atoms with Gasteiger partial charge in [0.2, 0.25) is 0 Å². The van der Waals surface area contributed by atoms with Gasteiger partial charge in [0.1, 0.15) is 24.0 Å². The summed E-state index contributed by atoms with van der Waals surface area (Å²) in [5, 5.41) is 37.4. The molecule has 0 saturated heterocycles. The highest BCUT2D eigenvalue weighted by molar-refractivity contribution is 5.95. The molecular weight excluding hydrogens is 480 g/mol. The van der Waals surface area contributed by atoms with Gasteiger partial charge in [0, 0.05) is 11.3 Å². The normalized spacial score (nSPS) is 16.0. The molecule has 11 nitrogen and oxygen atoms in total. The maximum absolute atomic E-state index is 12.7. The topological polar surface area (TPSA) is 197 Å². The predicted octanol–water partition coefficient (Wildman–Crippen LogP) is 1.43. The van der Waals surface area contributed by atoms with Crippen molar-refractivity contribution in [3.63, 3.8) is 0 Å². The number of esters is 1. The third-order valence-corrected chi connectivity index (χ3v) is 6.53. The number of aliphatic hydroxyl groups is 2. The van der Waals surface area contributed by atoms with Gasteiger partial charge in [0.05, 0.1) is 23.7 Å². The SMILES string of the molecule is CCC(NC(N)=O)(C(C)O)C(N)C(Nc1cccc(C(C)=O)c1)C(O)COC(=O)c1c(C)cccc1O. The Bertz CT molecular complexity index is 1100. The Balaban J connectivity index is 2.42. The summed E-state index contributed by atoms with van der Waals surface area (Å²) in [7, 11) is 0. The van der Waals surface area contributed by atoms with E-state index in [9.17, 15) is 29.7 Å². The van der Waals surface area contributed by atoms with Gasteiger partial charge in [0.15, 0.2) is 5.78 Å². The minimum absolute atomic E-state index is 0.0417. The van der Waals surface area contributed by atoms with Crippen molar-refractivity contribution in [1.29, 1.82) is 0 Å². The first kappa shape index (κ1) is 29.6. The Hall–Kier alpha value is -3.67. The number of anilines is 1. The number of carbonyl (C=O) groups excluding carboxylic acids is 3. The molecule has 0 bridgehead atoms. The van der Waals surface area contributed by atoms with Crippen LogP contribution in [0.4, 0.5) is 10.5 Å². The fourth-order valence-corrected chi connectivity index (χ4v) is 4.34. The number of Topliss-reactive ketones (excluding diaryl/α,β-unsaturated/α-hetero) is 1. The van der Waals surface area contributed by atoms with Crippen molar-refractivity contribution in [2.75, 3.05) is 11.9 Å². The van der Waals surface area contributed by atoms with Gasteiger partial charge in [-0.15, -0.1) is 0 Å². The Kier molecular flexibility index (Phi) is 10.0. The van der Waals surface area contributed by atoms with Crippen LogP contribution in [0.25, 0.3) is 0 Å². The fraction of sp³-hybridized carbons (Fsp3) is 0.423. The van der Waals surface area contributed by atoms with Crippen molar-refractivity contribution >= 4 is 23.5 Å². The summed E-state index contributed by atoms with van der Waals surface area (Å²) in [5.74, 6) is -1.30. The quantitative estimate of drug-likeness (QED) is 0.161. The number of hydrogen-bond donors (Lipinski definition) is 7. The maximum Gasteiger partial charge on any atom is 0.342 e. The van der Waals surface area contributed by atoms with Crippen molar-refractivity contribution in [3.05, 3.63) is 59.2 Å². The van der Waals surface area contributed by atoms with E-state index in [0.29, 0.717) is 16.8 Å². The van der Waals surface area contributed by atoms with E-state index in [0.717, 1.165) is 0 Å². The monoisotopic (exact) mass is 516 g/mol. The van der Waals surface area contributed by atoms with Gasteiger partial charge in [-0.05, 0) is 51.0 Å². The van der Waals surface area contributed by atoms with E-state index in [1.807, 2.05) is 0 Å². The van der Waals surface area contributed by atoms with Gasteiger partial charge in [-0.2, -0.15) is 0 Å². The Morgan fingerprint density at radius 2 is 1.78 bits per heavy atom. The van der Waals surface area contributed by atoms with E-state index in [4.69, 9.17) is 16.2 Å². The Morgan fingerprint density at radius 1 is 1.14 bits per heavy atom. The molecule has 0 aliphatic rings. The van der Waals surface area contributed by atoms with E-state index in [-0.39, 0.29) is 23.5 Å². The summed E-state index contributed by atoms with van der Waals surface area (Å²) >= 11 is 0. The van der Waals surface area contributed by atoms with E-state index < -0.39 is 48.4 Å². The number of amides is 2. The third-order valence-electron chi connectivity index (χ3n) is 6.53. The molecule has 0 radical (unpaired) electrons. The molecule has 2 rings (SSSR count). The first-order valence-electron chi connectivity index (χ1n) is 11.9. The van der Waals surface area contributed by atoms with E-state index in [1.165, 1.54) is 19.9 Å². The average molecular weight is 517 g/mol. The number of aromatic hydroxyl groups is 1. The number of nitrogens with one attached hydrogen (secondary N) is 2. The van der Waals surface area contributed by atoms with E-state index >= 15 is 0 Å². The van der Waals surface area contributed by atoms with Crippen LogP contribution in [0.1, 0.15) is 53.5 Å². The summed E-state index contributed by atoms with van der Waals surface area (Å²) in [4.78, 5) is 36.4. The number of hydrogen-bond acceptors (Lipinski definition) is 9. The van der Waals surface area contributed by atoms with Crippen LogP contribution in [0.2, 0.25) is 0 Å². The number of ether oxygens (including phenoxy) is 1. The number of nitrogens with two attached hydrogens (primary N) is 2. The van der Waals surface area contributed by atoms with Crippen LogP contribution in [0, 0.1) is 6.92 Å². The highest BCUT2D eigenvalue weighted by Gasteiger charge is 2.46. The lowest BCUT2D eigenvalue weighted by molar-refractivity contribution is 0.00334. The molecule has 0 heterocycles. The maximum atomic E-state index is 12.7. The molecule has 9 N–H and O–H groups in total. The predicted molar refractivity (Wildman–Crippen MR) is 138 cm³/mol. The molecule has 11 heteroatoms. The minimum atomic E-state index is -1.47. The minimum Gasteiger partial charge on any atom is -0.507 e. The first-order chi connectivity index (χ1) is 17.3. The van der Waals surface area contributed by atoms with Crippen LogP contribution < -0.4 is 22.1 Å². The second kappa shape index (κ2) is 12.5. The number of benzene rings is 2. The molecule has 0 fully saturated rings. The van der Waals surface area contributed by atoms with Crippen LogP contribution in [0.3, 0.4) is 0 Å². The molecule has 37 heavy (non-hydrogen) atoms. The summed E-state index contributed by atoms with van der Waals surface area (Å²) in [6, 6.07) is 7.82. The Morgan fingerprint density at radius 3 is 2.32 bits per heavy atom. The number of aryl methyl sites for hydroxylation is 1. The van der Waals surface area contributed by atoms with Crippen LogP contribution in [-0.2, 0) is 4.74 Å². The zero-order valence-electron chi connectivity index (χ0n) is 21.4. The van der Waals surface area contributed by atoms with Gasteiger partial charge < -0.3 is 42.2 Å². The second-order valence-electron chi connectivity index (χ2n) is 9.03. The molecule has 5 atom stereocenters. The zero-order valence-corrected chi connectivity index (χ0v) is 21.4. The molecule has 5 unspecified atom stereocenters. The molecule has 0 aromatic heterocycles. The standard InChI is InChI=1S/C26H36N4O7/c1-5-26(16(4)32,30-25(28)36)23(27)22(29-18-10-7-9-17(12-18)15(3)31)20(34)13-37-24(35)21-14(2)8-6-11-19(21)33/h6-12,16,20,22-23,29,32-34H,5,13,27H2,1-4H3,(H3,28,30,36). The highest BCUT2D eigenvalue weighted by Crippen LogP contribution is 2.26. The molecule has 202 valence electrons. The summed E-state index contributed by atoms with van der Waals surface area (Å²) < 4.78 is 5.30. The number of ketones is 1. The molecule has 2 aromatic rings. The Labute approximate surface area is 215 Å².